The number of thiazole rings is 1. The lowest BCUT2D eigenvalue weighted by atomic mass is 10.1. The molecule has 2 N–H and O–H groups in total. The van der Waals surface area contributed by atoms with Gasteiger partial charge >= 0.3 is 0 Å². The molecule has 33 heavy (non-hydrogen) atoms. The standard InChI is InChI=1S/C24H23N3O5S/c1-30-16-5-2-14(3-6-16)10-11-25-23(29)17-7-9-20-21(17)26-24(33-20)27-22(28)15-4-8-18-19(12-15)32-13-31-18/h2-6,8,12,17H,7,9-11,13H2,1H3,(H,25,29)(H,26,27,28)/t17-/m1/s1. The first-order chi connectivity index (χ1) is 16.1. The first-order valence-electron chi connectivity index (χ1n) is 10.7. The van der Waals surface area contributed by atoms with Crippen LogP contribution in [0, 0.1) is 0 Å². The second-order valence-electron chi connectivity index (χ2n) is 7.83. The van der Waals surface area contributed by atoms with Crippen LogP contribution in [0.15, 0.2) is 42.5 Å². The highest BCUT2D eigenvalue weighted by Crippen LogP contribution is 2.39. The summed E-state index contributed by atoms with van der Waals surface area (Å²) in [4.78, 5) is 31.0. The number of rotatable bonds is 7. The molecule has 170 valence electrons. The van der Waals surface area contributed by atoms with Crippen molar-refractivity contribution in [2.24, 2.45) is 0 Å². The summed E-state index contributed by atoms with van der Waals surface area (Å²) in [6.07, 6.45) is 2.26. The van der Waals surface area contributed by atoms with Crippen LogP contribution < -0.4 is 24.8 Å². The van der Waals surface area contributed by atoms with Gasteiger partial charge in [-0.25, -0.2) is 4.98 Å². The predicted octanol–water partition coefficient (Wildman–Crippen LogP) is 3.52. The number of aryl methyl sites for hydroxylation is 1. The number of nitrogens with one attached hydrogen (secondary N) is 2. The Labute approximate surface area is 194 Å². The number of carbonyl (C=O) groups excluding carboxylic acids is 2. The Balaban J connectivity index is 1.18. The summed E-state index contributed by atoms with van der Waals surface area (Å²) in [6.45, 7) is 0.706. The molecule has 0 radical (unpaired) electrons. The number of methoxy groups -OCH3 is 1. The summed E-state index contributed by atoms with van der Waals surface area (Å²) in [6, 6.07) is 12.9. The van der Waals surface area contributed by atoms with Crippen molar-refractivity contribution in [3.63, 3.8) is 0 Å². The van der Waals surface area contributed by atoms with Crippen molar-refractivity contribution < 1.29 is 23.8 Å². The fraction of sp³-hybridized carbons (Fsp3) is 0.292. The molecule has 2 aliphatic rings. The van der Waals surface area contributed by atoms with E-state index >= 15 is 0 Å². The van der Waals surface area contributed by atoms with E-state index in [0.717, 1.165) is 41.1 Å². The van der Waals surface area contributed by atoms with Gasteiger partial charge in [-0.15, -0.1) is 11.3 Å². The van der Waals surface area contributed by atoms with Gasteiger partial charge in [-0.05, 0) is 55.2 Å². The minimum atomic E-state index is -0.289. The predicted molar refractivity (Wildman–Crippen MR) is 123 cm³/mol. The lowest BCUT2D eigenvalue weighted by Crippen LogP contribution is -2.30. The van der Waals surface area contributed by atoms with Gasteiger partial charge in [-0.3, -0.25) is 14.9 Å². The highest BCUT2D eigenvalue weighted by molar-refractivity contribution is 7.16. The zero-order valence-corrected chi connectivity index (χ0v) is 18.9. The Kier molecular flexibility index (Phi) is 5.87. The van der Waals surface area contributed by atoms with Crippen molar-refractivity contribution in [2.75, 3.05) is 25.8 Å². The van der Waals surface area contributed by atoms with Crippen molar-refractivity contribution >= 4 is 28.3 Å². The van der Waals surface area contributed by atoms with Gasteiger partial charge in [0, 0.05) is 17.0 Å². The molecule has 2 heterocycles. The van der Waals surface area contributed by atoms with Gasteiger partial charge in [0.2, 0.25) is 12.7 Å². The van der Waals surface area contributed by atoms with Gasteiger partial charge in [0.1, 0.15) is 5.75 Å². The number of amides is 2. The van der Waals surface area contributed by atoms with Crippen molar-refractivity contribution in [2.45, 2.75) is 25.2 Å². The number of aromatic nitrogens is 1. The first kappa shape index (κ1) is 21.3. The van der Waals surface area contributed by atoms with Crippen LogP contribution in [0.4, 0.5) is 5.13 Å². The molecule has 2 aromatic carbocycles. The van der Waals surface area contributed by atoms with Gasteiger partial charge < -0.3 is 19.5 Å². The van der Waals surface area contributed by atoms with Crippen LogP contribution in [0.1, 0.15) is 38.8 Å². The van der Waals surface area contributed by atoms with Gasteiger partial charge in [-0.1, -0.05) is 12.1 Å². The molecule has 1 atom stereocenters. The monoisotopic (exact) mass is 465 g/mol. The van der Waals surface area contributed by atoms with Crippen LogP contribution in [-0.2, 0) is 17.6 Å². The summed E-state index contributed by atoms with van der Waals surface area (Å²) in [5.41, 5.74) is 2.36. The molecule has 9 heteroatoms. The van der Waals surface area contributed by atoms with E-state index in [1.54, 1.807) is 25.3 Å². The topological polar surface area (TPSA) is 98.8 Å². The molecule has 3 aromatic rings. The maximum absolute atomic E-state index is 12.8. The fourth-order valence-electron chi connectivity index (χ4n) is 3.99. The molecule has 1 aliphatic heterocycles. The van der Waals surface area contributed by atoms with Crippen LogP contribution in [-0.4, -0.2) is 37.2 Å². The number of anilines is 1. The molecule has 1 aromatic heterocycles. The largest absolute Gasteiger partial charge is 0.497 e. The lowest BCUT2D eigenvalue weighted by Gasteiger charge is -2.11. The summed E-state index contributed by atoms with van der Waals surface area (Å²) in [7, 11) is 1.64. The molecule has 8 nitrogen and oxygen atoms in total. The molecule has 2 amide bonds. The van der Waals surface area contributed by atoms with Crippen LogP contribution in [0.25, 0.3) is 0 Å². The third kappa shape index (κ3) is 4.49. The number of ether oxygens (including phenoxy) is 3. The molecule has 0 fully saturated rings. The molecule has 0 saturated carbocycles. The number of hydrogen-bond acceptors (Lipinski definition) is 7. The van der Waals surface area contributed by atoms with E-state index in [1.165, 1.54) is 11.3 Å². The maximum Gasteiger partial charge on any atom is 0.257 e. The van der Waals surface area contributed by atoms with Crippen molar-refractivity contribution in [3.05, 3.63) is 64.2 Å². The second-order valence-corrected chi connectivity index (χ2v) is 8.91. The minimum Gasteiger partial charge on any atom is -0.497 e. The second kappa shape index (κ2) is 9.11. The van der Waals surface area contributed by atoms with E-state index in [9.17, 15) is 9.59 Å². The highest BCUT2D eigenvalue weighted by Gasteiger charge is 2.32. The molecule has 0 spiro atoms. The van der Waals surface area contributed by atoms with Crippen molar-refractivity contribution in [3.8, 4) is 17.2 Å². The van der Waals surface area contributed by atoms with Gasteiger partial charge in [-0.2, -0.15) is 0 Å². The van der Waals surface area contributed by atoms with Crippen LogP contribution in [0.2, 0.25) is 0 Å². The molecule has 0 unspecified atom stereocenters. The number of fused-ring (bicyclic) bond motifs is 2. The summed E-state index contributed by atoms with van der Waals surface area (Å²) in [5.74, 6) is 1.40. The quantitative estimate of drug-likeness (QED) is 0.554. The SMILES string of the molecule is COc1ccc(CCNC(=O)[C@@H]2CCc3sc(NC(=O)c4ccc5c(c4)OCO5)nc32)cc1. The molecular formula is C24H23N3O5S. The summed E-state index contributed by atoms with van der Waals surface area (Å²) >= 11 is 1.42. The molecule has 1 aliphatic carbocycles. The van der Waals surface area contributed by atoms with E-state index in [2.05, 4.69) is 15.6 Å². The number of nitrogens with zero attached hydrogens (tertiary/aromatic N) is 1. The number of carbonyl (C=O) groups is 2. The van der Waals surface area contributed by atoms with E-state index in [1.807, 2.05) is 24.3 Å². The molecule has 0 saturated heterocycles. The number of benzene rings is 2. The maximum atomic E-state index is 12.8. The average Bonchev–Trinajstić information content (AvgIpc) is 3.54. The summed E-state index contributed by atoms with van der Waals surface area (Å²) in [5, 5.41) is 6.36. The van der Waals surface area contributed by atoms with Gasteiger partial charge in [0.25, 0.3) is 5.91 Å². The minimum absolute atomic E-state index is 0.0267. The van der Waals surface area contributed by atoms with Crippen molar-refractivity contribution in [1.82, 2.24) is 10.3 Å². The lowest BCUT2D eigenvalue weighted by molar-refractivity contribution is -0.122. The van der Waals surface area contributed by atoms with Crippen LogP contribution in [0.5, 0.6) is 17.2 Å². The highest BCUT2D eigenvalue weighted by atomic mass is 32.1. The third-order valence-corrected chi connectivity index (χ3v) is 6.81. The Bertz CT molecular complexity index is 1190. The zero-order chi connectivity index (χ0) is 22.8. The molecule has 5 rings (SSSR count). The third-order valence-electron chi connectivity index (χ3n) is 5.76. The zero-order valence-electron chi connectivity index (χ0n) is 18.1. The fourth-order valence-corrected chi connectivity index (χ4v) is 5.02. The Hall–Kier alpha value is -3.59. The molecular weight excluding hydrogens is 442 g/mol. The van der Waals surface area contributed by atoms with Gasteiger partial charge in [0.15, 0.2) is 16.6 Å². The van der Waals surface area contributed by atoms with Crippen molar-refractivity contribution in [1.29, 1.82) is 0 Å². The Morgan fingerprint density at radius 2 is 1.97 bits per heavy atom. The smallest absolute Gasteiger partial charge is 0.257 e. The van der Waals surface area contributed by atoms with E-state index in [-0.39, 0.29) is 24.5 Å². The van der Waals surface area contributed by atoms with E-state index in [0.29, 0.717) is 28.7 Å². The number of hydrogen-bond donors (Lipinski definition) is 2. The van der Waals surface area contributed by atoms with Crippen LogP contribution in [0.3, 0.4) is 0 Å². The normalized spacial score (nSPS) is 15.7. The first-order valence-corrected chi connectivity index (χ1v) is 11.5. The van der Waals surface area contributed by atoms with E-state index in [4.69, 9.17) is 14.2 Å². The molecule has 0 bridgehead atoms. The van der Waals surface area contributed by atoms with Gasteiger partial charge in [0.05, 0.1) is 18.7 Å². The Morgan fingerprint density at radius 1 is 1.15 bits per heavy atom. The average molecular weight is 466 g/mol. The summed E-state index contributed by atoms with van der Waals surface area (Å²) < 4.78 is 15.8. The Morgan fingerprint density at radius 3 is 2.79 bits per heavy atom. The van der Waals surface area contributed by atoms with Crippen LogP contribution >= 0.6 is 11.3 Å². The van der Waals surface area contributed by atoms with E-state index < -0.39 is 0 Å².